The third kappa shape index (κ3) is 5.91. The molecule has 204 valence electrons. The summed E-state index contributed by atoms with van der Waals surface area (Å²) in [5.74, 6) is 0.946. The number of methoxy groups -OCH3 is 1. The van der Waals surface area contributed by atoms with Gasteiger partial charge in [-0.05, 0) is 50.1 Å². The molecule has 1 fully saturated rings. The van der Waals surface area contributed by atoms with Crippen molar-refractivity contribution in [3.8, 4) is 5.75 Å². The lowest BCUT2D eigenvalue weighted by molar-refractivity contribution is -0.143. The number of benzene rings is 2. The Morgan fingerprint density at radius 3 is 2.05 bits per heavy atom. The number of amides is 2. The molecule has 1 aliphatic rings. The lowest BCUT2D eigenvalue weighted by atomic mass is 9.81. The number of likely N-dealkylation sites (tertiary alicyclic amines) is 1. The van der Waals surface area contributed by atoms with Crippen LogP contribution in [0.1, 0.15) is 38.8 Å². The van der Waals surface area contributed by atoms with Gasteiger partial charge in [-0.3, -0.25) is 4.90 Å². The fourth-order valence-corrected chi connectivity index (χ4v) is 4.52. The highest BCUT2D eigenvalue weighted by molar-refractivity contribution is 5.93. The molecular formula is C26H31F6N3O2. The third-order valence-electron chi connectivity index (χ3n) is 6.67. The molecule has 0 saturated carbocycles. The van der Waals surface area contributed by atoms with E-state index in [1.165, 1.54) is 11.9 Å². The van der Waals surface area contributed by atoms with Crippen molar-refractivity contribution in [2.24, 2.45) is 5.92 Å². The minimum Gasteiger partial charge on any atom is -0.497 e. The summed E-state index contributed by atoms with van der Waals surface area (Å²) >= 11 is 0. The van der Waals surface area contributed by atoms with E-state index in [4.69, 9.17) is 4.74 Å². The zero-order valence-electron chi connectivity index (χ0n) is 21.5. The van der Waals surface area contributed by atoms with Crippen LogP contribution in [0, 0.1) is 5.92 Å². The predicted molar refractivity (Wildman–Crippen MR) is 130 cm³/mol. The number of anilines is 2. The molecule has 0 aliphatic carbocycles. The van der Waals surface area contributed by atoms with Gasteiger partial charge in [0.2, 0.25) is 0 Å². The summed E-state index contributed by atoms with van der Waals surface area (Å²) in [6.07, 6.45) is -10.0. The van der Waals surface area contributed by atoms with Gasteiger partial charge in [-0.2, -0.15) is 26.3 Å². The van der Waals surface area contributed by atoms with Crippen LogP contribution in [0.3, 0.4) is 0 Å². The summed E-state index contributed by atoms with van der Waals surface area (Å²) < 4.78 is 85.3. The fraction of sp³-hybridized carbons (Fsp3) is 0.500. The molecule has 0 aromatic heterocycles. The Labute approximate surface area is 212 Å². The number of ether oxygens (including phenoxy) is 1. The highest BCUT2D eigenvalue weighted by Gasteiger charge is 2.52. The maximum absolute atomic E-state index is 13.3. The van der Waals surface area contributed by atoms with Crippen LogP contribution in [0.25, 0.3) is 0 Å². The molecule has 5 nitrogen and oxygen atoms in total. The SMILES string of the molecule is COc1cccc(N(CC(C)C)C2CN(C(=O)N(C)c3cc(C(F)(F)F)cc(C(F)(F)F)c3)C2(C)C)c1. The van der Waals surface area contributed by atoms with Crippen molar-refractivity contribution in [3.05, 3.63) is 53.6 Å². The molecule has 11 heteroatoms. The van der Waals surface area contributed by atoms with Crippen molar-refractivity contribution in [1.82, 2.24) is 4.90 Å². The van der Waals surface area contributed by atoms with E-state index in [0.29, 0.717) is 24.4 Å². The maximum Gasteiger partial charge on any atom is 0.416 e. The number of hydrogen-bond acceptors (Lipinski definition) is 3. The predicted octanol–water partition coefficient (Wildman–Crippen LogP) is 6.91. The first-order chi connectivity index (χ1) is 17.0. The Morgan fingerprint density at radius 1 is 1.03 bits per heavy atom. The molecule has 2 aromatic carbocycles. The van der Waals surface area contributed by atoms with Crippen LogP contribution >= 0.6 is 0 Å². The summed E-state index contributed by atoms with van der Waals surface area (Å²) in [7, 11) is 2.74. The number of carbonyl (C=O) groups excluding carboxylic acids is 1. The number of rotatable bonds is 6. The number of nitrogens with zero attached hydrogens (tertiary/aromatic N) is 3. The molecule has 1 aliphatic heterocycles. The molecule has 2 aromatic rings. The first-order valence-corrected chi connectivity index (χ1v) is 11.7. The van der Waals surface area contributed by atoms with Crippen molar-refractivity contribution in [2.75, 3.05) is 37.0 Å². The van der Waals surface area contributed by atoms with Gasteiger partial charge < -0.3 is 14.5 Å². The van der Waals surface area contributed by atoms with Crippen LogP contribution in [-0.2, 0) is 12.4 Å². The van der Waals surface area contributed by atoms with Crippen LogP contribution in [-0.4, -0.2) is 49.8 Å². The molecule has 0 bridgehead atoms. The quantitative estimate of drug-likeness (QED) is 0.380. The topological polar surface area (TPSA) is 36.0 Å². The van der Waals surface area contributed by atoms with Crippen LogP contribution < -0.4 is 14.5 Å². The van der Waals surface area contributed by atoms with Crippen molar-refractivity contribution >= 4 is 17.4 Å². The summed E-state index contributed by atoms with van der Waals surface area (Å²) in [6, 6.07) is 7.81. The standard InChI is InChI=1S/C26H31F6N3O2/c1-16(2)14-34(19-8-7-9-21(13-19)37-6)22-15-35(24(22,3)4)23(36)33(5)20-11-17(25(27,28)29)10-18(12-20)26(30,31)32/h7-13,16,22H,14-15H2,1-6H3. The van der Waals surface area contributed by atoms with Crippen LogP contribution in [0.15, 0.2) is 42.5 Å². The molecule has 0 spiro atoms. The lowest BCUT2D eigenvalue weighted by Crippen LogP contribution is -2.76. The van der Waals surface area contributed by atoms with E-state index < -0.39 is 40.7 Å². The molecule has 1 heterocycles. The second-order valence-electron chi connectivity index (χ2n) is 10.1. The van der Waals surface area contributed by atoms with Crippen molar-refractivity contribution in [2.45, 2.75) is 51.6 Å². The molecule has 1 saturated heterocycles. The number of urea groups is 1. The number of halogens is 6. The first-order valence-electron chi connectivity index (χ1n) is 11.7. The van der Waals surface area contributed by atoms with Crippen LogP contribution in [0.2, 0.25) is 0 Å². The van der Waals surface area contributed by atoms with Crippen molar-refractivity contribution in [3.63, 3.8) is 0 Å². The van der Waals surface area contributed by atoms with Crippen molar-refractivity contribution in [1.29, 1.82) is 0 Å². The Kier molecular flexibility index (Phi) is 7.68. The van der Waals surface area contributed by atoms with Gasteiger partial charge in [-0.25, -0.2) is 4.79 Å². The van der Waals surface area contributed by atoms with E-state index in [9.17, 15) is 31.1 Å². The average molecular weight is 532 g/mol. The van der Waals surface area contributed by atoms with Gasteiger partial charge in [-0.15, -0.1) is 0 Å². The minimum atomic E-state index is -5.00. The zero-order valence-corrected chi connectivity index (χ0v) is 21.5. The second kappa shape index (κ2) is 9.98. The normalized spacial score (nSPS) is 17.4. The molecule has 0 N–H and O–H groups in total. The monoisotopic (exact) mass is 531 g/mol. The van der Waals surface area contributed by atoms with Gasteiger partial charge in [0.15, 0.2) is 0 Å². The van der Waals surface area contributed by atoms with Gasteiger partial charge in [0.25, 0.3) is 0 Å². The molecule has 1 unspecified atom stereocenters. The Hall–Kier alpha value is -3.11. The Morgan fingerprint density at radius 2 is 1.59 bits per heavy atom. The largest absolute Gasteiger partial charge is 0.497 e. The summed E-state index contributed by atoms with van der Waals surface area (Å²) in [5.41, 5.74) is -3.31. The number of carbonyl (C=O) groups is 1. The first kappa shape index (κ1) is 28.5. The van der Waals surface area contributed by atoms with E-state index in [-0.39, 0.29) is 24.6 Å². The van der Waals surface area contributed by atoms with Crippen molar-refractivity contribution < 1.29 is 35.9 Å². The molecule has 2 amide bonds. The molecule has 0 radical (unpaired) electrons. The number of alkyl halides is 6. The van der Waals surface area contributed by atoms with E-state index >= 15 is 0 Å². The van der Waals surface area contributed by atoms with Gasteiger partial charge in [-0.1, -0.05) is 19.9 Å². The molecular weight excluding hydrogens is 500 g/mol. The van der Waals surface area contributed by atoms with E-state index in [1.54, 1.807) is 7.11 Å². The highest BCUT2D eigenvalue weighted by Crippen LogP contribution is 2.41. The van der Waals surface area contributed by atoms with Crippen LogP contribution in [0.4, 0.5) is 42.5 Å². The average Bonchev–Trinajstić information content (AvgIpc) is 2.80. The van der Waals surface area contributed by atoms with Gasteiger partial charge >= 0.3 is 18.4 Å². The zero-order chi connectivity index (χ0) is 27.9. The van der Waals surface area contributed by atoms with E-state index in [2.05, 4.69) is 18.7 Å². The summed E-state index contributed by atoms with van der Waals surface area (Å²) in [4.78, 5) is 17.8. The van der Waals surface area contributed by atoms with Gasteiger partial charge in [0.05, 0.1) is 29.8 Å². The fourth-order valence-electron chi connectivity index (χ4n) is 4.52. The highest BCUT2D eigenvalue weighted by atomic mass is 19.4. The van der Waals surface area contributed by atoms with E-state index in [0.717, 1.165) is 10.6 Å². The molecule has 37 heavy (non-hydrogen) atoms. The summed E-state index contributed by atoms with van der Waals surface area (Å²) in [5, 5.41) is 0. The van der Waals surface area contributed by atoms with Crippen LogP contribution in [0.5, 0.6) is 5.75 Å². The maximum atomic E-state index is 13.3. The van der Waals surface area contributed by atoms with Gasteiger partial charge in [0.1, 0.15) is 5.75 Å². The minimum absolute atomic E-state index is 0.0450. The van der Waals surface area contributed by atoms with Gasteiger partial charge in [0, 0.05) is 37.6 Å². The Bertz CT molecular complexity index is 1100. The molecule has 1 atom stereocenters. The smallest absolute Gasteiger partial charge is 0.416 e. The number of hydrogen-bond donors (Lipinski definition) is 0. The van der Waals surface area contributed by atoms with E-state index in [1.807, 2.05) is 38.1 Å². The third-order valence-corrected chi connectivity index (χ3v) is 6.67. The Balaban J connectivity index is 1.91. The summed E-state index contributed by atoms with van der Waals surface area (Å²) in [6.45, 7) is 8.68. The molecule has 3 rings (SSSR count). The second-order valence-corrected chi connectivity index (χ2v) is 10.1. The lowest BCUT2D eigenvalue weighted by Gasteiger charge is -2.59.